The molecule has 0 aliphatic heterocycles. The number of fused-ring (bicyclic) bond motifs is 1. The Morgan fingerprint density at radius 2 is 1.96 bits per heavy atom. The van der Waals surface area contributed by atoms with Gasteiger partial charge in [-0.15, -0.1) is 11.3 Å². The van der Waals surface area contributed by atoms with E-state index in [4.69, 9.17) is 0 Å². The van der Waals surface area contributed by atoms with Gasteiger partial charge in [0.25, 0.3) is 0 Å². The van der Waals surface area contributed by atoms with Crippen LogP contribution in [-0.4, -0.2) is 44.2 Å². The van der Waals surface area contributed by atoms with E-state index in [9.17, 15) is 5.11 Å². The van der Waals surface area contributed by atoms with Gasteiger partial charge in [-0.25, -0.2) is 9.97 Å². The van der Waals surface area contributed by atoms with Gasteiger partial charge >= 0.3 is 0 Å². The van der Waals surface area contributed by atoms with Crippen LogP contribution in [0.3, 0.4) is 0 Å². The van der Waals surface area contributed by atoms with Crippen molar-refractivity contribution in [3.05, 3.63) is 45.7 Å². The molecule has 0 aliphatic rings. The monoisotopic (exact) mass is 344 g/mol. The van der Waals surface area contributed by atoms with Crippen LogP contribution in [0.5, 0.6) is 0 Å². The molecule has 2 aromatic heterocycles. The van der Waals surface area contributed by atoms with Gasteiger partial charge in [-0.3, -0.25) is 4.90 Å². The molecule has 0 saturated heterocycles. The first-order chi connectivity index (χ1) is 11.4. The van der Waals surface area contributed by atoms with Crippen LogP contribution < -0.4 is 0 Å². The van der Waals surface area contributed by atoms with Crippen LogP contribution in [0.2, 0.25) is 0 Å². The van der Waals surface area contributed by atoms with Gasteiger partial charge in [-0.2, -0.15) is 0 Å². The molecule has 24 heavy (non-hydrogen) atoms. The zero-order chi connectivity index (χ0) is 17.3. The summed E-state index contributed by atoms with van der Waals surface area (Å²) in [6.45, 7) is 8.18. The number of rotatable bonds is 6. The van der Waals surface area contributed by atoms with E-state index in [1.807, 2.05) is 31.1 Å². The standard InChI is InChI=1S/C18H24N4OS/c1-12-5-17-18(6-13(12)2)22(11-20-17)9-15(23)8-21(4)10-16-7-19-14(3)24-16/h5-7,11,15,23H,8-10H2,1-4H3/t15-/m1/s1. The van der Waals surface area contributed by atoms with Crippen molar-refractivity contribution in [3.8, 4) is 0 Å². The highest BCUT2D eigenvalue weighted by Gasteiger charge is 2.13. The summed E-state index contributed by atoms with van der Waals surface area (Å²) in [5.41, 5.74) is 4.56. The first-order valence-electron chi connectivity index (χ1n) is 8.12. The summed E-state index contributed by atoms with van der Waals surface area (Å²) in [6, 6.07) is 4.25. The molecular formula is C18H24N4OS. The molecule has 0 radical (unpaired) electrons. The molecule has 0 saturated carbocycles. The maximum absolute atomic E-state index is 10.5. The predicted molar refractivity (Wildman–Crippen MR) is 98.4 cm³/mol. The second kappa shape index (κ2) is 7.01. The second-order valence-electron chi connectivity index (χ2n) is 6.52. The van der Waals surface area contributed by atoms with E-state index < -0.39 is 6.10 Å². The lowest BCUT2D eigenvalue weighted by Crippen LogP contribution is -2.31. The number of aromatic nitrogens is 3. The van der Waals surface area contributed by atoms with Gasteiger partial charge in [-0.1, -0.05) is 0 Å². The van der Waals surface area contributed by atoms with E-state index in [0.717, 1.165) is 22.6 Å². The quantitative estimate of drug-likeness (QED) is 0.747. The highest BCUT2D eigenvalue weighted by molar-refractivity contribution is 7.11. The van der Waals surface area contributed by atoms with Crippen molar-refractivity contribution < 1.29 is 5.11 Å². The van der Waals surface area contributed by atoms with Crippen molar-refractivity contribution in [2.24, 2.45) is 0 Å². The molecule has 0 spiro atoms. The van der Waals surface area contributed by atoms with Crippen LogP contribution in [0.4, 0.5) is 0 Å². The molecule has 1 atom stereocenters. The molecule has 0 fully saturated rings. The SMILES string of the molecule is Cc1ncc(CN(C)C[C@@H](O)Cn2cnc3cc(C)c(C)cc32)s1. The van der Waals surface area contributed by atoms with Crippen molar-refractivity contribution in [1.82, 2.24) is 19.4 Å². The van der Waals surface area contributed by atoms with E-state index in [0.29, 0.717) is 13.1 Å². The van der Waals surface area contributed by atoms with Gasteiger partial charge in [0.1, 0.15) is 0 Å². The van der Waals surface area contributed by atoms with Crippen molar-refractivity contribution in [2.45, 2.75) is 40.0 Å². The Hall–Kier alpha value is -1.76. The van der Waals surface area contributed by atoms with Crippen molar-refractivity contribution in [3.63, 3.8) is 0 Å². The van der Waals surface area contributed by atoms with E-state index in [1.54, 1.807) is 11.3 Å². The number of likely N-dealkylation sites (N-methyl/N-ethyl adjacent to an activating group) is 1. The molecule has 1 aromatic carbocycles. The first kappa shape index (κ1) is 17.1. The molecule has 0 amide bonds. The third-order valence-corrected chi connectivity index (χ3v) is 5.16. The summed E-state index contributed by atoms with van der Waals surface area (Å²) in [4.78, 5) is 12.1. The Bertz CT molecular complexity index is 839. The van der Waals surface area contributed by atoms with Crippen LogP contribution >= 0.6 is 11.3 Å². The average Bonchev–Trinajstić information content (AvgIpc) is 3.07. The van der Waals surface area contributed by atoms with Crippen LogP contribution in [0, 0.1) is 20.8 Å². The normalized spacial score (nSPS) is 13.1. The Morgan fingerprint density at radius 1 is 1.21 bits per heavy atom. The Kier molecular flexibility index (Phi) is 4.99. The largest absolute Gasteiger partial charge is 0.390 e. The Labute approximate surface area is 146 Å². The van der Waals surface area contributed by atoms with Crippen LogP contribution in [0.1, 0.15) is 21.0 Å². The molecule has 3 aromatic rings. The van der Waals surface area contributed by atoms with Crippen molar-refractivity contribution in [1.29, 1.82) is 0 Å². The summed E-state index contributed by atoms with van der Waals surface area (Å²) in [7, 11) is 2.03. The maximum atomic E-state index is 10.5. The molecular weight excluding hydrogens is 320 g/mol. The molecule has 3 rings (SSSR count). The number of aryl methyl sites for hydroxylation is 3. The van der Waals surface area contributed by atoms with Crippen molar-refractivity contribution >= 4 is 22.4 Å². The maximum Gasteiger partial charge on any atom is 0.0959 e. The summed E-state index contributed by atoms with van der Waals surface area (Å²) in [5, 5.41) is 11.5. The van der Waals surface area contributed by atoms with Gasteiger partial charge < -0.3 is 9.67 Å². The molecule has 6 heteroatoms. The summed E-state index contributed by atoms with van der Waals surface area (Å²) in [5.74, 6) is 0. The van der Waals surface area contributed by atoms with Gasteiger partial charge in [0.05, 0.1) is 35.0 Å². The number of nitrogens with zero attached hydrogens (tertiary/aromatic N) is 4. The van der Waals surface area contributed by atoms with Crippen molar-refractivity contribution in [2.75, 3.05) is 13.6 Å². The second-order valence-corrected chi connectivity index (χ2v) is 7.84. The van der Waals surface area contributed by atoms with Crippen LogP contribution in [0.25, 0.3) is 11.0 Å². The molecule has 0 bridgehead atoms. The summed E-state index contributed by atoms with van der Waals surface area (Å²) >= 11 is 1.70. The van der Waals surface area contributed by atoms with E-state index in [2.05, 4.69) is 40.8 Å². The predicted octanol–water partition coefficient (Wildman–Crippen LogP) is 2.91. The molecule has 128 valence electrons. The molecule has 0 aliphatic carbocycles. The zero-order valence-electron chi connectivity index (χ0n) is 14.7. The lowest BCUT2D eigenvalue weighted by atomic mass is 10.1. The molecule has 0 unspecified atom stereocenters. The van der Waals surface area contributed by atoms with E-state index >= 15 is 0 Å². The Balaban J connectivity index is 1.64. The fourth-order valence-electron chi connectivity index (χ4n) is 2.91. The minimum Gasteiger partial charge on any atom is -0.390 e. The lowest BCUT2D eigenvalue weighted by Gasteiger charge is -2.20. The number of benzene rings is 1. The van der Waals surface area contributed by atoms with Crippen LogP contribution in [-0.2, 0) is 13.1 Å². The highest BCUT2D eigenvalue weighted by Crippen LogP contribution is 2.19. The fraction of sp³-hybridized carbons (Fsp3) is 0.444. The van der Waals surface area contributed by atoms with E-state index in [-0.39, 0.29) is 0 Å². The number of aliphatic hydroxyl groups is 1. The zero-order valence-corrected chi connectivity index (χ0v) is 15.5. The van der Waals surface area contributed by atoms with Crippen LogP contribution in [0.15, 0.2) is 24.7 Å². The topological polar surface area (TPSA) is 54.2 Å². The lowest BCUT2D eigenvalue weighted by molar-refractivity contribution is 0.108. The smallest absolute Gasteiger partial charge is 0.0959 e. The minimum atomic E-state index is -0.442. The average molecular weight is 344 g/mol. The van der Waals surface area contributed by atoms with Gasteiger partial charge in [0, 0.05) is 24.2 Å². The van der Waals surface area contributed by atoms with E-state index in [1.165, 1.54) is 16.0 Å². The number of hydrogen-bond acceptors (Lipinski definition) is 5. The number of thiazole rings is 1. The minimum absolute atomic E-state index is 0.442. The highest BCUT2D eigenvalue weighted by atomic mass is 32.1. The molecule has 2 heterocycles. The third kappa shape index (κ3) is 3.83. The Morgan fingerprint density at radius 3 is 2.67 bits per heavy atom. The number of hydrogen-bond donors (Lipinski definition) is 1. The molecule has 1 N–H and O–H groups in total. The van der Waals surface area contributed by atoms with Gasteiger partial charge in [-0.05, 0) is 51.1 Å². The van der Waals surface area contributed by atoms with Gasteiger partial charge in [0.15, 0.2) is 0 Å². The number of aliphatic hydroxyl groups excluding tert-OH is 1. The summed E-state index contributed by atoms with van der Waals surface area (Å²) in [6.07, 6.45) is 3.29. The third-order valence-electron chi connectivity index (χ3n) is 4.26. The van der Waals surface area contributed by atoms with Gasteiger partial charge in [0.2, 0.25) is 0 Å². The molecule has 5 nitrogen and oxygen atoms in total. The fourth-order valence-corrected chi connectivity index (χ4v) is 3.79. The first-order valence-corrected chi connectivity index (χ1v) is 8.94. The number of imidazole rings is 1. The summed E-state index contributed by atoms with van der Waals surface area (Å²) < 4.78 is 2.04.